The highest BCUT2D eigenvalue weighted by atomic mass is 16.5. The molecule has 4 bridgehead atoms. The van der Waals surface area contributed by atoms with Crippen molar-refractivity contribution in [3.63, 3.8) is 0 Å². The lowest BCUT2D eigenvalue weighted by molar-refractivity contribution is -0.00538. The molecule has 1 heterocycles. The molecule has 1 unspecified atom stereocenters. The number of hydrogen-bond acceptors (Lipinski definition) is 3. The van der Waals surface area contributed by atoms with Crippen LogP contribution in [0.2, 0.25) is 0 Å². The van der Waals surface area contributed by atoms with Crippen molar-refractivity contribution in [3.8, 4) is 0 Å². The predicted molar refractivity (Wildman–Crippen MR) is 76.2 cm³/mol. The molecule has 5 aliphatic rings. The molecule has 0 amide bonds. The largest absolute Gasteiger partial charge is 0.361 e. The zero-order chi connectivity index (χ0) is 13.3. The Labute approximate surface area is 120 Å². The minimum atomic E-state index is 0.178. The van der Waals surface area contributed by atoms with E-state index in [9.17, 15) is 0 Å². The monoisotopic (exact) mass is 272 g/mol. The van der Waals surface area contributed by atoms with E-state index in [0.29, 0.717) is 5.92 Å². The van der Waals surface area contributed by atoms with Crippen LogP contribution in [0.5, 0.6) is 0 Å². The fraction of sp³-hybridized carbons (Fsp3) is 0.824. The van der Waals surface area contributed by atoms with E-state index in [0.717, 1.165) is 48.7 Å². The summed E-state index contributed by atoms with van der Waals surface area (Å²) in [6.07, 6.45) is 10.6. The molecule has 1 aromatic heterocycles. The summed E-state index contributed by atoms with van der Waals surface area (Å²) >= 11 is 0. The molecule has 4 fully saturated rings. The molecule has 4 saturated carbocycles. The average Bonchev–Trinajstić information content (AvgIpc) is 2.83. The Hall–Kier alpha value is -0.830. The molecule has 108 valence electrons. The first-order chi connectivity index (χ1) is 9.79. The van der Waals surface area contributed by atoms with E-state index >= 15 is 0 Å². The lowest BCUT2D eigenvalue weighted by atomic mass is 9.51. The van der Waals surface area contributed by atoms with Gasteiger partial charge in [-0.05, 0) is 68.6 Å². The van der Waals surface area contributed by atoms with Crippen LogP contribution in [0.4, 0.5) is 0 Å². The number of nitrogens with two attached hydrogens (primary N) is 1. The van der Waals surface area contributed by atoms with Crippen molar-refractivity contribution in [2.24, 2.45) is 29.4 Å². The molecule has 0 spiro atoms. The van der Waals surface area contributed by atoms with E-state index in [1.165, 1.54) is 43.4 Å². The van der Waals surface area contributed by atoms with E-state index in [4.69, 9.17) is 10.3 Å². The highest BCUT2D eigenvalue weighted by molar-refractivity contribution is 5.33. The third-order valence-corrected chi connectivity index (χ3v) is 6.66. The Morgan fingerprint density at radius 2 is 1.70 bits per heavy atom. The van der Waals surface area contributed by atoms with Crippen LogP contribution in [-0.2, 0) is 6.42 Å². The van der Waals surface area contributed by atoms with Gasteiger partial charge in [-0.25, -0.2) is 0 Å². The van der Waals surface area contributed by atoms with Crippen LogP contribution in [0.3, 0.4) is 0 Å². The number of aryl methyl sites for hydroxylation is 1. The van der Waals surface area contributed by atoms with E-state index in [1.54, 1.807) is 0 Å². The summed E-state index contributed by atoms with van der Waals surface area (Å²) < 4.78 is 5.68. The molecule has 20 heavy (non-hydrogen) atoms. The lowest BCUT2D eigenvalue weighted by Crippen LogP contribution is -2.44. The van der Waals surface area contributed by atoms with Gasteiger partial charge in [0.15, 0.2) is 0 Å². The fourth-order valence-corrected chi connectivity index (χ4v) is 6.16. The molecule has 3 heteroatoms. The highest BCUT2D eigenvalue weighted by Gasteiger charge is 2.50. The summed E-state index contributed by atoms with van der Waals surface area (Å²) in [6.45, 7) is 0. The fourth-order valence-electron chi connectivity index (χ4n) is 6.16. The second-order valence-electron chi connectivity index (χ2n) is 7.86. The normalized spacial score (nSPS) is 45.6. The summed E-state index contributed by atoms with van der Waals surface area (Å²) in [5.74, 6) is 5.55. The van der Waals surface area contributed by atoms with Crippen LogP contribution in [0, 0.1) is 23.7 Å². The van der Waals surface area contributed by atoms with Crippen LogP contribution in [-0.4, -0.2) is 5.16 Å². The van der Waals surface area contributed by atoms with Gasteiger partial charge < -0.3 is 10.3 Å². The molecule has 1 atom stereocenters. The quantitative estimate of drug-likeness (QED) is 0.850. The minimum absolute atomic E-state index is 0.178. The van der Waals surface area contributed by atoms with Gasteiger partial charge in [0.2, 0.25) is 0 Å². The summed E-state index contributed by atoms with van der Waals surface area (Å²) in [7, 11) is 0. The van der Waals surface area contributed by atoms with Crippen molar-refractivity contribution < 1.29 is 4.52 Å². The Balaban J connectivity index is 1.56. The van der Waals surface area contributed by atoms with Crippen LogP contribution < -0.4 is 5.73 Å². The number of aromatic nitrogens is 1. The molecule has 2 N–H and O–H groups in total. The SMILES string of the molecule is NC1CCCc2onc(C3C4CC5CC(C4)CC3C5)c21. The Bertz CT molecular complexity index is 507. The van der Waals surface area contributed by atoms with E-state index in [-0.39, 0.29) is 6.04 Å². The smallest absolute Gasteiger partial charge is 0.141 e. The molecule has 0 aliphatic heterocycles. The van der Waals surface area contributed by atoms with Gasteiger partial charge in [-0.3, -0.25) is 0 Å². The summed E-state index contributed by atoms with van der Waals surface area (Å²) in [6, 6.07) is 0.178. The van der Waals surface area contributed by atoms with Gasteiger partial charge in [0, 0.05) is 23.9 Å². The minimum Gasteiger partial charge on any atom is -0.361 e. The van der Waals surface area contributed by atoms with Gasteiger partial charge in [0.25, 0.3) is 0 Å². The van der Waals surface area contributed by atoms with E-state index in [2.05, 4.69) is 5.16 Å². The summed E-state index contributed by atoms with van der Waals surface area (Å²) in [4.78, 5) is 0. The van der Waals surface area contributed by atoms with Crippen molar-refractivity contribution >= 4 is 0 Å². The topological polar surface area (TPSA) is 52.0 Å². The van der Waals surface area contributed by atoms with Gasteiger partial charge in [0.05, 0.1) is 5.69 Å². The molecule has 3 nitrogen and oxygen atoms in total. The van der Waals surface area contributed by atoms with Gasteiger partial charge in [0.1, 0.15) is 5.76 Å². The summed E-state index contributed by atoms with van der Waals surface area (Å²) in [5, 5.41) is 4.54. The second-order valence-corrected chi connectivity index (χ2v) is 7.86. The number of fused-ring (bicyclic) bond motifs is 1. The van der Waals surface area contributed by atoms with Crippen molar-refractivity contribution in [1.29, 1.82) is 0 Å². The van der Waals surface area contributed by atoms with Crippen molar-refractivity contribution in [1.82, 2.24) is 5.16 Å². The number of rotatable bonds is 1. The standard InChI is InChI=1S/C17H24N2O/c18-13-2-1-3-14-16(13)17(19-20-14)15-11-5-9-4-10(7-11)8-12(15)6-9/h9-13,15H,1-8,18H2. The third-order valence-electron chi connectivity index (χ3n) is 6.66. The van der Waals surface area contributed by atoms with Gasteiger partial charge in [-0.2, -0.15) is 0 Å². The van der Waals surface area contributed by atoms with Gasteiger partial charge in [-0.15, -0.1) is 0 Å². The second kappa shape index (κ2) is 4.09. The van der Waals surface area contributed by atoms with Crippen molar-refractivity contribution in [3.05, 3.63) is 17.0 Å². The predicted octanol–water partition coefficient (Wildman–Crippen LogP) is 3.55. The van der Waals surface area contributed by atoms with Crippen LogP contribution in [0.15, 0.2) is 4.52 Å². The number of nitrogens with zero attached hydrogens (tertiary/aromatic N) is 1. The first kappa shape index (κ1) is 11.8. The van der Waals surface area contributed by atoms with Crippen LogP contribution >= 0.6 is 0 Å². The maximum Gasteiger partial charge on any atom is 0.141 e. The molecule has 6 rings (SSSR count). The molecule has 5 aliphatic carbocycles. The molecule has 0 saturated heterocycles. The Morgan fingerprint density at radius 3 is 2.40 bits per heavy atom. The van der Waals surface area contributed by atoms with E-state index in [1.807, 2.05) is 0 Å². The molecule has 0 aromatic carbocycles. The van der Waals surface area contributed by atoms with Gasteiger partial charge in [-0.1, -0.05) is 5.16 Å². The van der Waals surface area contributed by atoms with Crippen molar-refractivity contribution in [2.45, 2.75) is 63.3 Å². The zero-order valence-electron chi connectivity index (χ0n) is 12.1. The van der Waals surface area contributed by atoms with E-state index < -0.39 is 0 Å². The molecule has 1 aromatic rings. The zero-order valence-corrected chi connectivity index (χ0v) is 12.1. The first-order valence-corrected chi connectivity index (χ1v) is 8.53. The average molecular weight is 272 g/mol. The maximum atomic E-state index is 6.38. The van der Waals surface area contributed by atoms with Gasteiger partial charge >= 0.3 is 0 Å². The molecular weight excluding hydrogens is 248 g/mol. The molecular formula is C17H24N2O. The highest BCUT2D eigenvalue weighted by Crippen LogP contribution is 2.60. The third kappa shape index (κ3) is 1.53. The van der Waals surface area contributed by atoms with Crippen LogP contribution in [0.1, 0.15) is 73.9 Å². The molecule has 0 radical (unpaired) electrons. The van der Waals surface area contributed by atoms with Crippen LogP contribution in [0.25, 0.3) is 0 Å². The lowest BCUT2D eigenvalue weighted by Gasteiger charge is -2.54. The Kier molecular flexibility index (Phi) is 2.41. The maximum absolute atomic E-state index is 6.38. The summed E-state index contributed by atoms with van der Waals surface area (Å²) in [5.41, 5.74) is 8.98. The van der Waals surface area contributed by atoms with Crippen molar-refractivity contribution in [2.75, 3.05) is 0 Å². The number of hydrogen-bond donors (Lipinski definition) is 1. The first-order valence-electron chi connectivity index (χ1n) is 8.53. The Morgan fingerprint density at radius 1 is 1.00 bits per heavy atom.